The molecule has 0 aliphatic heterocycles. The van der Waals surface area contributed by atoms with Gasteiger partial charge < -0.3 is 5.73 Å². The van der Waals surface area contributed by atoms with Gasteiger partial charge in [-0.2, -0.15) is 0 Å². The van der Waals surface area contributed by atoms with Crippen molar-refractivity contribution in [1.29, 1.82) is 0 Å². The molecule has 0 fully saturated rings. The molecule has 0 spiro atoms. The van der Waals surface area contributed by atoms with Crippen LogP contribution in [0, 0.1) is 5.82 Å². The Balaban J connectivity index is 2.11. The Morgan fingerprint density at radius 2 is 1.79 bits per heavy atom. The maximum absolute atomic E-state index is 13.2. The van der Waals surface area contributed by atoms with Crippen molar-refractivity contribution in [3.8, 4) is 17.1 Å². The van der Waals surface area contributed by atoms with Crippen LogP contribution in [0.5, 0.6) is 0 Å². The molecule has 5 nitrogen and oxygen atoms in total. The zero-order chi connectivity index (χ0) is 17.1. The van der Waals surface area contributed by atoms with E-state index in [0.29, 0.717) is 11.0 Å². The second kappa shape index (κ2) is 6.84. The normalized spacial score (nSPS) is 12.1. The molecule has 24 heavy (non-hydrogen) atoms. The highest BCUT2D eigenvalue weighted by atomic mass is 32.2. The van der Waals surface area contributed by atoms with Crippen molar-refractivity contribution in [2.24, 2.45) is 5.73 Å². The lowest BCUT2D eigenvalue weighted by Crippen LogP contribution is -2.23. The molecule has 0 radical (unpaired) electrons. The minimum Gasteiger partial charge on any atom is -0.369 e. The number of benzene rings is 2. The van der Waals surface area contributed by atoms with Crippen molar-refractivity contribution in [2.75, 3.05) is 0 Å². The third-order valence-electron chi connectivity index (χ3n) is 3.43. The van der Waals surface area contributed by atoms with E-state index in [1.165, 1.54) is 23.9 Å². The largest absolute Gasteiger partial charge is 0.369 e. The molecule has 1 amide bonds. The molecule has 1 aromatic heterocycles. The lowest BCUT2D eigenvalue weighted by Gasteiger charge is -2.12. The molecule has 3 rings (SSSR count). The minimum atomic E-state index is -0.447. The quantitative estimate of drug-likeness (QED) is 0.723. The fraction of sp³-hybridized carbons (Fsp3) is 0.118. The molecule has 0 unspecified atom stereocenters. The number of hydrogen-bond acceptors (Lipinski definition) is 4. The van der Waals surface area contributed by atoms with Crippen LogP contribution in [-0.4, -0.2) is 25.9 Å². The molecule has 0 saturated carbocycles. The number of thioether (sulfide) groups is 1. The topological polar surface area (TPSA) is 73.8 Å². The number of primary amides is 1. The van der Waals surface area contributed by atoms with E-state index < -0.39 is 11.2 Å². The number of rotatable bonds is 5. The summed E-state index contributed by atoms with van der Waals surface area (Å²) >= 11 is 1.23. The molecule has 2 aromatic carbocycles. The van der Waals surface area contributed by atoms with Gasteiger partial charge in [-0.3, -0.25) is 9.36 Å². The van der Waals surface area contributed by atoms with E-state index in [2.05, 4.69) is 10.2 Å². The van der Waals surface area contributed by atoms with E-state index in [1.54, 1.807) is 19.1 Å². The summed E-state index contributed by atoms with van der Waals surface area (Å²) in [7, 11) is 0. The van der Waals surface area contributed by atoms with Gasteiger partial charge in [0.15, 0.2) is 11.0 Å². The van der Waals surface area contributed by atoms with Crippen molar-refractivity contribution in [1.82, 2.24) is 14.8 Å². The van der Waals surface area contributed by atoms with Gasteiger partial charge in [-0.25, -0.2) is 4.39 Å². The second-order valence-electron chi connectivity index (χ2n) is 5.15. The summed E-state index contributed by atoms with van der Waals surface area (Å²) in [5, 5.41) is 8.51. The van der Waals surface area contributed by atoms with Gasteiger partial charge in [0.2, 0.25) is 5.91 Å². The van der Waals surface area contributed by atoms with Crippen molar-refractivity contribution in [3.05, 3.63) is 60.4 Å². The van der Waals surface area contributed by atoms with Crippen LogP contribution in [0.25, 0.3) is 17.1 Å². The summed E-state index contributed by atoms with van der Waals surface area (Å²) in [5.41, 5.74) is 6.92. The Morgan fingerprint density at radius 1 is 1.12 bits per heavy atom. The van der Waals surface area contributed by atoms with Crippen LogP contribution in [0.3, 0.4) is 0 Å². The van der Waals surface area contributed by atoms with Crippen molar-refractivity contribution < 1.29 is 9.18 Å². The number of carbonyl (C=O) groups is 1. The van der Waals surface area contributed by atoms with E-state index in [0.717, 1.165) is 11.3 Å². The third kappa shape index (κ3) is 3.30. The molecule has 0 aliphatic rings. The minimum absolute atomic E-state index is 0.318. The molecule has 1 atom stereocenters. The highest BCUT2D eigenvalue weighted by Crippen LogP contribution is 2.30. The Bertz CT molecular complexity index is 849. The molecule has 0 aliphatic carbocycles. The number of hydrogen-bond donors (Lipinski definition) is 1. The summed E-state index contributed by atoms with van der Waals surface area (Å²) in [5.74, 6) is -0.173. The number of aromatic nitrogens is 3. The predicted molar refractivity (Wildman–Crippen MR) is 91.3 cm³/mol. The summed E-state index contributed by atoms with van der Waals surface area (Å²) in [6, 6.07) is 15.6. The zero-order valence-corrected chi connectivity index (χ0v) is 13.7. The van der Waals surface area contributed by atoms with Crippen molar-refractivity contribution in [2.45, 2.75) is 17.3 Å². The number of halogens is 1. The van der Waals surface area contributed by atoms with Gasteiger partial charge in [-0.15, -0.1) is 10.2 Å². The first-order valence-electron chi connectivity index (χ1n) is 7.29. The average Bonchev–Trinajstić information content (AvgIpc) is 2.99. The standard InChI is InChI=1S/C17H15FN4OS/c1-11(15(19)23)24-17-21-20-16(12-7-9-13(18)10-8-12)22(17)14-5-3-2-4-6-14/h2-11H,1H3,(H2,19,23)/t11-/m1/s1. The van der Waals surface area contributed by atoms with E-state index in [-0.39, 0.29) is 5.82 Å². The van der Waals surface area contributed by atoms with E-state index in [4.69, 9.17) is 5.73 Å². The fourth-order valence-corrected chi connectivity index (χ4v) is 2.98. The predicted octanol–water partition coefficient (Wildman–Crippen LogP) is 3.04. The Hall–Kier alpha value is -2.67. The maximum atomic E-state index is 13.2. The first-order chi connectivity index (χ1) is 11.6. The molecule has 3 aromatic rings. The summed E-state index contributed by atoms with van der Waals surface area (Å²) in [6.45, 7) is 1.72. The maximum Gasteiger partial charge on any atom is 0.230 e. The number of carbonyl (C=O) groups excluding carboxylic acids is 1. The molecular weight excluding hydrogens is 327 g/mol. The zero-order valence-electron chi connectivity index (χ0n) is 12.9. The van der Waals surface area contributed by atoms with Crippen molar-refractivity contribution >= 4 is 17.7 Å². The van der Waals surface area contributed by atoms with Gasteiger partial charge in [0, 0.05) is 11.3 Å². The van der Waals surface area contributed by atoms with E-state index in [9.17, 15) is 9.18 Å². The summed E-state index contributed by atoms with van der Waals surface area (Å²) in [4.78, 5) is 11.4. The number of nitrogens with zero attached hydrogens (tertiary/aromatic N) is 3. The first kappa shape index (κ1) is 16.2. The van der Waals surface area contributed by atoms with Gasteiger partial charge in [-0.1, -0.05) is 30.0 Å². The molecule has 7 heteroatoms. The van der Waals surface area contributed by atoms with Gasteiger partial charge in [-0.05, 0) is 43.3 Å². The molecule has 1 heterocycles. The molecule has 122 valence electrons. The van der Waals surface area contributed by atoms with Gasteiger partial charge in [0.1, 0.15) is 5.82 Å². The summed E-state index contributed by atoms with van der Waals surface area (Å²) < 4.78 is 15.0. The van der Waals surface area contributed by atoms with Gasteiger partial charge in [0.05, 0.1) is 5.25 Å². The Morgan fingerprint density at radius 3 is 2.42 bits per heavy atom. The Kier molecular flexibility index (Phi) is 4.61. The highest BCUT2D eigenvalue weighted by Gasteiger charge is 2.20. The second-order valence-corrected chi connectivity index (χ2v) is 6.45. The van der Waals surface area contributed by atoms with Gasteiger partial charge in [0.25, 0.3) is 0 Å². The molecule has 0 saturated heterocycles. The van der Waals surface area contributed by atoms with E-state index >= 15 is 0 Å². The van der Waals surface area contributed by atoms with Crippen LogP contribution in [-0.2, 0) is 4.79 Å². The Labute approximate surface area is 142 Å². The van der Waals surface area contributed by atoms with Crippen LogP contribution >= 0.6 is 11.8 Å². The van der Waals surface area contributed by atoms with Crippen molar-refractivity contribution in [3.63, 3.8) is 0 Å². The SMILES string of the molecule is C[C@@H](Sc1nnc(-c2ccc(F)cc2)n1-c1ccccc1)C(N)=O. The fourth-order valence-electron chi connectivity index (χ4n) is 2.16. The molecule has 2 N–H and O–H groups in total. The van der Waals surface area contributed by atoms with Crippen LogP contribution in [0.2, 0.25) is 0 Å². The number of amides is 1. The lowest BCUT2D eigenvalue weighted by atomic mass is 10.2. The number of nitrogens with two attached hydrogens (primary N) is 1. The van der Waals surface area contributed by atoms with Crippen LogP contribution in [0.15, 0.2) is 59.8 Å². The first-order valence-corrected chi connectivity index (χ1v) is 8.17. The monoisotopic (exact) mass is 342 g/mol. The molecular formula is C17H15FN4OS. The number of para-hydroxylation sites is 1. The summed E-state index contributed by atoms with van der Waals surface area (Å²) in [6.07, 6.45) is 0. The lowest BCUT2D eigenvalue weighted by molar-refractivity contribution is -0.117. The van der Waals surface area contributed by atoms with Crippen LogP contribution in [0.4, 0.5) is 4.39 Å². The van der Waals surface area contributed by atoms with Crippen LogP contribution < -0.4 is 5.73 Å². The third-order valence-corrected chi connectivity index (χ3v) is 4.49. The smallest absolute Gasteiger partial charge is 0.230 e. The van der Waals surface area contributed by atoms with Gasteiger partial charge >= 0.3 is 0 Å². The highest BCUT2D eigenvalue weighted by molar-refractivity contribution is 8.00. The van der Waals surface area contributed by atoms with Crippen LogP contribution in [0.1, 0.15) is 6.92 Å². The average molecular weight is 342 g/mol. The molecule has 0 bridgehead atoms. The van der Waals surface area contributed by atoms with E-state index in [1.807, 2.05) is 34.9 Å².